The van der Waals surface area contributed by atoms with Crippen molar-refractivity contribution >= 4 is 10.0 Å². The topological polar surface area (TPSA) is 57.6 Å². The van der Waals surface area contributed by atoms with Gasteiger partial charge in [0.1, 0.15) is 0 Å². The quantitative estimate of drug-likeness (QED) is 0.769. The third-order valence-corrected chi connectivity index (χ3v) is 6.00. The Morgan fingerprint density at radius 2 is 1.87 bits per heavy atom. The van der Waals surface area contributed by atoms with E-state index in [1.807, 2.05) is 0 Å². The largest absolute Gasteiger partial charge is 0.395 e. The van der Waals surface area contributed by atoms with Crippen molar-refractivity contribution in [2.75, 3.05) is 19.7 Å². The van der Waals surface area contributed by atoms with Crippen molar-refractivity contribution in [1.82, 2.24) is 4.31 Å². The van der Waals surface area contributed by atoms with Crippen molar-refractivity contribution in [3.8, 4) is 0 Å². The summed E-state index contributed by atoms with van der Waals surface area (Å²) in [6, 6.07) is 0. The van der Waals surface area contributed by atoms with Crippen molar-refractivity contribution in [1.29, 1.82) is 0 Å². The first kappa shape index (κ1) is 11.4. The molecule has 4 nitrogen and oxygen atoms in total. The highest BCUT2D eigenvalue weighted by atomic mass is 32.2. The average Bonchev–Trinajstić information content (AvgIpc) is 2.75. The highest BCUT2D eigenvalue weighted by molar-refractivity contribution is 7.89. The minimum atomic E-state index is -3.25. The first-order chi connectivity index (χ1) is 7.05. The van der Waals surface area contributed by atoms with E-state index in [0.29, 0.717) is 24.9 Å². The summed E-state index contributed by atoms with van der Waals surface area (Å²) in [5, 5.41) is 8.27. The van der Waals surface area contributed by atoms with Crippen LogP contribution in [0.4, 0.5) is 0 Å². The van der Waals surface area contributed by atoms with Crippen LogP contribution in [0.1, 0.15) is 26.2 Å². The molecule has 1 heterocycles. The summed E-state index contributed by atoms with van der Waals surface area (Å²) in [6.07, 6.45) is 3.59. The summed E-state index contributed by atoms with van der Waals surface area (Å²) in [4.78, 5) is 0. The van der Waals surface area contributed by atoms with E-state index in [-0.39, 0.29) is 6.61 Å². The second-order valence-corrected chi connectivity index (χ2v) is 7.16. The van der Waals surface area contributed by atoms with Crippen molar-refractivity contribution in [2.24, 2.45) is 11.8 Å². The molecule has 0 aromatic heterocycles. The summed E-state index contributed by atoms with van der Waals surface area (Å²) in [7, 11) is -3.25. The molecule has 88 valence electrons. The molecule has 1 saturated heterocycles. The molecule has 3 unspecified atom stereocenters. The molecule has 1 N–H and O–H groups in total. The lowest BCUT2D eigenvalue weighted by molar-refractivity contribution is 0.290. The second kappa shape index (κ2) is 4.03. The van der Waals surface area contributed by atoms with Gasteiger partial charge in [0, 0.05) is 13.1 Å². The molecule has 2 fully saturated rings. The maximum absolute atomic E-state index is 12.0. The number of sulfonamides is 1. The highest BCUT2D eigenvalue weighted by Gasteiger charge is 2.42. The Hall–Kier alpha value is -0.130. The molecule has 0 amide bonds. The minimum absolute atomic E-state index is 0.284. The summed E-state index contributed by atoms with van der Waals surface area (Å²) >= 11 is 0. The molecule has 2 aliphatic rings. The van der Waals surface area contributed by atoms with Gasteiger partial charge in [-0.1, -0.05) is 6.42 Å². The van der Waals surface area contributed by atoms with Gasteiger partial charge in [0.05, 0.1) is 11.9 Å². The number of fused-ring (bicyclic) bond motifs is 1. The van der Waals surface area contributed by atoms with Gasteiger partial charge in [-0.25, -0.2) is 12.7 Å². The molecule has 5 heteroatoms. The molecule has 15 heavy (non-hydrogen) atoms. The number of nitrogens with zero attached hydrogens (tertiary/aromatic N) is 1. The zero-order chi connectivity index (χ0) is 11.1. The summed E-state index contributed by atoms with van der Waals surface area (Å²) in [5.41, 5.74) is 0. The number of rotatable bonds is 3. The zero-order valence-electron chi connectivity index (χ0n) is 9.09. The van der Waals surface area contributed by atoms with Crippen LogP contribution in [0.3, 0.4) is 0 Å². The molecule has 2 rings (SSSR count). The minimum Gasteiger partial charge on any atom is -0.395 e. The maximum atomic E-state index is 12.0. The summed E-state index contributed by atoms with van der Waals surface area (Å²) in [6.45, 7) is 2.65. The van der Waals surface area contributed by atoms with Gasteiger partial charge in [-0.2, -0.15) is 0 Å². The van der Waals surface area contributed by atoms with Gasteiger partial charge in [0.15, 0.2) is 0 Å². The van der Waals surface area contributed by atoms with Crippen molar-refractivity contribution in [2.45, 2.75) is 31.4 Å². The van der Waals surface area contributed by atoms with Crippen LogP contribution in [-0.4, -0.2) is 42.8 Å². The van der Waals surface area contributed by atoms with Gasteiger partial charge >= 0.3 is 0 Å². The maximum Gasteiger partial charge on any atom is 0.218 e. The fraction of sp³-hybridized carbons (Fsp3) is 1.00. The van der Waals surface area contributed by atoms with Gasteiger partial charge in [0.25, 0.3) is 0 Å². The SMILES string of the molecule is CC(CO)S(=O)(=O)N1CC2CCCC2C1. The molecule has 1 saturated carbocycles. The van der Waals surface area contributed by atoms with Crippen LogP contribution in [0, 0.1) is 11.8 Å². The van der Waals surface area contributed by atoms with Crippen LogP contribution >= 0.6 is 0 Å². The van der Waals surface area contributed by atoms with E-state index in [0.717, 1.165) is 0 Å². The molecule has 0 radical (unpaired) electrons. The lowest BCUT2D eigenvalue weighted by Crippen LogP contribution is -2.38. The number of aliphatic hydroxyl groups excluding tert-OH is 1. The Balaban J connectivity index is 2.07. The number of hydrogen-bond donors (Lipinski definition) is 1. The van der Waals surface area contributed by atoms with Crippen LogP contribution in [0.2, 0.25) is 0 Å². The molecule has 3 atom stereocenters. The van der Waals surface area contributed by atoms with Gasteiger partial charge in [-0.3, -0.25) is 0 Å². The molecular weight excluding hydrogens is 214 g/mol. The second-order valence-electron chi connectivity index (χ2n) is 4.81. The van der Waals surface area contributed by atoms with E-state index < -0.39 is 15.3 Å². The number of hydrogen-bond acceptors (Lipinski definition) is 3. The van der Waals surface area contributed by atoms with E-state index >= 15 is 0 Å². The molecular formula is C10H19NO3S. The van der Waals surface area contributed by atoms with Gasteiger partial charge in [0.2, 0.25) is 10.0 Å². The Morgan fingerprint density at radius 3 is 2.33 bits per heavy atom. The van der Waals surface area contributed by atoms with Gasteiger partial charge < -0.3 is 5.11 Å². The van der Waals surface area contributed by atoms with E-state index in [9.17, 15) is 8.42 Å². The summed E-state index contributed by atoms with van der Waals surface area (Å²) < 4.78 is 25.5. The van der Waals surface area contributed by atoms with Crippen molar-refractivity contribution in [3.63, 3.8) is 0 Å². The normalized spacial score (nSPS) is 34.3. The van der Waals surface area contributed by atoms with Crippen LogP contribution in [0.15, 0.2) is 0 Å². The Bertz CT molecular complexity index is 316. The van der Waals surface area contributed by atoms with E-state index in [1.54, 1.807) is 11.2 Å². The van der Waals surface area contributed by atoms with Crippen molar-refractivity contribution in [3.05, 3.63) is 0 Å². The number of aliphatic hydroxyl groups is 1. The van der Waals surface area contributed by atoms with E-state index in [1.165, 1.54) is 19.3 Å². The van der Waals surface area contributed by atoms with E-state index in [4.69, 9.17) is 5.11 Å². The molecule has 1 aliphatic heterocycles. The fourth-order valence-corrected chi connectivity index (χ4v) is 4.24. The Kier molecular flexibility index (Phi) is 3.05. The molecule has 1 aliphatic carbocycles. The standard InChI is InChI=1S/C10H19NO3S/c1-8(7-12)15(13,14)11-5-9-3-2-4-10(9)6-11/h8-10,12H,2-7H2,1H3. The fourth-order valence-electron chi connectivity index (χ4n) is 2.75. The molecule has 0 aromatic rings. The molecule has 0 spiro atoms. The molecule has 0 aromatic carbocycles. The van der Waals surface area contributed by atoms with Crippen LogP contribution in [0.5, 0.6) is 0 Å². The third kappa shape index (κ3) is 1.92. The summed E-state index contributed by atoms with van der Waals surface area (Å²) in [5.74, 6) is 1.15. The Morgan fingerprint density at radius 1 is 1.33 bits per heavy atom. The van der Waals surface area contributed by atoms with Gasteiger partial charge in [-0.15, -0.1) is 0 Å². The first-order valence-corrected chi connectivity index (χ1v) is 7.16. The molecule has 0 bridgehead atoms. The average molecular weight is 233 g/mol. The lowest BCUT2D eigenvalue weighted by atomic mass is 10.0. The van der Waals surface area contributed by atoms with Gasteiger partial charge in [-0.05, 0) is 31.6 Å². The van der Waals surface area contributed by atoms with Crippen LogP contribution in [-0.2, 0) is 10.0 Å². The monoisotopic (exact) mass is 233 g/mol. The van der Waals surface area contributed by atoms with Crippen molar-refractivity contribution < 1.29 is 13.5 Å². The smallest absolute Gasteiger partial charge is 0.218 e. The van der Waals surface area contributed by atoms with E-state index in [2.05, 4.69) is 0 Å². The highest BCUT2D eigenvalue weighted by Crippen LogP contribution is 2.39. The van der Waals surface area contributed by atoms with Crippen LogP contribution in [0.25, 0.3) is 0 Å². The lowest BCUT2D eigenvalue weighted by Gasteiger charge is -2.20. The zero-order valence-corrected chi connectivity index (χ0v) is 9.91. The first-order valence-electron chi connectivity index (χ1n) is 5.65. The predicted molar refractivity (Wildman–Crippen MR) is 57.9 cm³/mol. The van der Waals surface area contributed by atoms with Crippen LogP contribution < -0.4 is 0 Å². The third-order valence-electron chi connectivity index (χ3n) is 3.82. The Labute approximate surface area is 91.3 Å². The predicted octanol–water partition coefficient (Wildman–Crippen LogP) is 0.429.